The van der Waals surface area contributed by atoms with Gasteiger partial charge in [-0.2, -0.15) is 0 Å². The molecular weight excluding hydrogens is 346 g/mol. The van der Waals surface area contributed by atoms with Gasteiger partial charge in [-0.25, -0.2) is 4.98 Å². The zero-order chi connectivity index (χ0) is 17.1. The monoisotopic (exact) mass is 363 g/mol. The van der Waals surface area contributed by atoms with E-state index < -0.39 is 0 Å². The van der Waals surface area contributed by atoms with Crippen molar-refractivity contribution in [2.75, 3.05) is 11.4 Å². The summed E-state index contributed by atoms with van der Waals surface area (Å²) in [5.74, 6) is -0.0142. The topological polar surface area (TPSA) is 62.3 Å². The lowest BCUT2D eigenvalue weighted by atomic mass is 10.1. The molecule has 0 spiro atoms. The summed E-state index contributed by atoms with van der Waals surface area (Å²) in [7, 11) is 0. The third kappa shape index (κ3) is 3.76. The Kier molecular flexibility index (Phi) is 5.16. The highest BCUT2D eigenvalue weighted by Gasteiger charge is 2.24. The quantitative estimate of drug-likeness (QED) is 0.886. The van der Waals surface area contributed by atoms with Crippen LogP contribution in [0.3, 0.4) is 0 Å². The molecule has 1 fully saturated rings. The SMILES string of the molecule is C[C@@H](NC(=O)Cc1csc(N2CCCC2=O)n1)c1ccccc1Cl. The summed E-state index contributed by atoms with van der Waals surface area (Å²) in [6.07, 6.45) is 1.63. The molecule has 1 aromatic carbocycles. The van der Waals surface area contributed by atoms with Gasteiger partial charge in [-0.1, -0.05) is 29.8 Å². The first-order valence-corrected chi connectivity index (χ1v) is 9.09. The van der Waals surface area contributed by atoms with Crippen molar-refractivity contribution in [2.24, 2.45) is 0 Å². The number of hydrogen-bond donors (Lipinski definition) is 1. The fraction of sp³-hybridized carbons (Fsp3) is 0.353. The van der Waals surface area contributed by atoms with Crippen LogP contribution in [0.1, 0.15) is 37.1 Å². The van der Waals surface area contributed by atoms with Gasteiger partial charge in [-0.3, -0.25) is 14.5 Å². The first kappa shape index (κ1) is 16.9. The van der Waals surface area contributed by atoms with Crippen LogP contribution in [0.4, 0.5) is 5.13 Å². The van der Waals surface area contributed by atoms with Crippen molar-refractivity contribution in [3.63, 3.8) is 0 Å². The minimum absolute atomic E-state index is 0.104. The van der Waals surface area contributed by atoms with Crippen LogP contribution in [0.15, 0.2) is 29.6 Å². The maximum atomic E-state index is 12.2. The largest absolute Gasteiger partial charge is 0.349 e. The van der Waals surface area contributed by atoms with Gasteiger partial charge >= 0.3 is 0 Å². The Morgan fingerprint density at radius 1 is 1.46 bits per heavy atom. The lowest BCUT2D eigenvalue weighted by molar-refractivity contribution is -0.121. The molecule has 1 atom stereocenters. The van der Waals surface area contributed by atoms with Gasteiger partial charge in [0.15, 0.2) is 5.13 Å². The molecule has 7 heteroatoms. The van der Waals surface area contributed by atoms with E-state index in [2.05, 4.69) is 10.3 Å². The van der Waals surface area contributed by atoms with E-state index in [4.69, 9.17) is 11.6 Å². The van der Waals surface area contributed by atoms with Gasteiger partial charge in [0.05, 0.1) is 18.2 Å². The summed E-state index contributed by atoms with van der Waals surface area (Å²) in [5.41, 5.74) is 1.56. The van der Waals surface area contributed by atoms with Gasteiger partial charge < -0.3 is 5.32 Å². The second-order valence-electron chi connectivity index (χ2n) is 5.76. The number of anilines is 1. The summed E-state index contributed by atoms with van der Waals surface area (Å²) < 4.78 is 0. The first-order valence-electron chi connectivity index (χ1n) is 7.83. The molecule has 5 nitrogen and oxygen atoms in total. The Morgan fingerprint density at radius 3 is 2.96 bits per heavy atom. The lowest BCUT2D eigenvalue weighted by Crippen LogP contribution is -2.28. The van der Waals surface area contributed by atoms with Gasteiger partial charge in [-0.15, -0.1) is 11.3 Å². The normalized spacial score (nSPS) is 15.6. The zero-order valence-corrected chi connectivity index (χ0v) is 14.9. The molecule has 1 N–H and O–H groups in total. The molecule has 1 aliphatic rings. The van der Waals surface area contributed by atoms with E-state index in [-0.39, 0.29) is 24.3 Å². The molecule has 1 aromatic heterocycles. The second-order valence-corrected chi connectivity index (χ2v) is 7.00. The lowest BCUT2D eigenvalue weighted by Gasteiger charge is -2.15. The fourth-order valence-corrected chi connectivity index (χ4v) is 3.88. The van der Waals surface area contributed by atoms with Gasteiger partial charge in [0.1, 0.15) is 0 Å². The maximum Gasteiger partial charge on any atom is 0.228 e. The van der Waals surface area contributed by atoms with E-state index in [0.717, 1.165) is 12.0 Å². The number of nitrogens with zero attached hydrogens (tertiary/aromatic N) is 2. The molecule has 2 heterocycles. The second kappa shape index (κ2) is 7.32. The van der Waals surface area contributed by atoms with Crippen molar-refractivity contribution >= 4 is 39.9 Å². The number of nitrogens with one attached hydrogen (secondary N) is 1. The van der Waals surface area contributed by atoms with Crippen LogP contribution in [0.5, 0.6) is 0 Å². The Morgan fingerprint density at radius 2 is 2.25 bits per heavy atom. The summed E-state index contributed by atoms with van der Waals surface area (Å²) in [4.78, 5) is 30.1. The minimum atomic E-state index is -0.176. The first-order chi connectivity index (χ1) is 11.5. The summed E-state index contributed by atoms with van der Waals surface area (Å²) in [6, 6.07) is 7.27. The molecule has 24 heavy (non-hydrogen) atoms. The van der Waals surface area contributed by atoms with E-state index in [9.17, 15) is 9.59 Å². The van der Waals surface area contributed by atoms with Crippen LogP contribution < -0.4 is 10.2 Å². The molecule has 2 aromatic rings. The molecular formula is C17H18ClN3O2S. The van der Waals surface area contributed by atoms with Crippen molar-refractivity contribution in [2.45, 2.75) is 32.2 Å². The van der Waals surface area contributed by atoms with E-state index in [1.165, 1.54) is 11.3 Å². The highest BCUT2D eigenvalue weighted by Crippen LogP contribution is 2.26. The highest BCUT2D eigenvalue weighted by atomic mass is 35.5. The van der Waals surface area contributed by atoms with Gasteiger partial charge in [0.2, 0.25) is 11.8 Å². The summed E-state index contributed by atoms with van der Waals surface area (Å²) in [6.45, 7) is 2.61. The van der Waals surface area contributed by atoms with Crippen LogP contribution in [0.25, 0.3) is 0 Å². The number of thiazole rings is 1. The van der Waals surface area contributed by atoms with E-state index >= 15 is 0 Å². The highest BCUT2D eigenvalue weighted by molar-refractivity contribution is 7.14. The molecule has 3 rings (SSSR count). The van der Waals surface area contributed by atoms with Gasteiger partial charge in [0, 0.05) is 23.4 Å². The predicted molar refractivity (Wildman–Crippen MR) is 95.4 cm³/mol. The van der Waals surface area contributed by atoms with Crippen molar-refractivity contribution in [3.8, 4) is 0 Å². The van der Waals surface area contributed by atoms with E-state index in [1.807, 2.05) is 30.5 Å². The number of rotatable bonds is 5. The van der Waals surface area contributed by atoms with Gasteiger partial charge in [0.25, 0.3) is 0 Å². The van der Waals surface area contributed by atoms with Crippen LogP contribution in [0.2, 0.25) is 5.02 Å². The standard InChI is InChI=1S/C17H18ClN3O2S/c1-11(13-5-2-3-6-14(13)18)19-15(22)9-12-10-24-17(20-12)21-8-4-7-16(21)23/h2-3,5-6,10-11H,4,7-9H2,1H3,(H,19,22)/t11-/m1/s1. The molecule has 1 saturated heterocycles. The fourth-order valence-electron chi connectivity index (χ4n) is 2.71. The molecule has 126 valence electrons. The molecule has 0 radical (unpaired) electrons. The molecule has 2 amide bonds. The van der Waals surface area contributed by atoms with Crippen LogP contribution in [-0.2, 0) is 16.0 Å². The number of carbonyl (C=O) groups is 2. The zero-order valence-electron chi connectivity index (χ0n) is 13.3. The van der Waals surface area contributed by atoms with Gasteiger partial charge in [-0.05, 0) is 25.0 Å². The predicted octanol–water partition coefficient (Wildman–Crippen LogP) is 3.34. The van der Waals surface area contributed by atoms with Crippen molar-refractivity contribution < 1.29 is 9.59 Å². The number of halogens is 1. The molecule has 0 bridgehead atoms. The third-order valence-corrected chi connectivity index (χ3v) is 5.19. The summed E-state index contributed by atoms with van der Waals surface area (Å²) >= 11 is 7.56. The van der Waals surface area contributed by atoms with E-state index in [1.54, 1.807) is 11.0 Å². The van der Waals surface area contributed by atoms with Crippen LogP contribution >= 0.6 is 22.9 Å². The number of carbonyl (C=O) groups excluding carboxylic acids is 2. The van der Waals surface area contributed by atoms with Crippen molar-refractivity contribution in [1.82, 2.24) is 10.3 Å². The number of aromatic nitrogens is 1. The minimum Gasteiger partial charge on any atom is -0.349 e. The molecule has 0 saturated carbocycles. The Labute approximate surface area is 149 Å². The van der Waals surface area contributed by atoms with Crippen molar-refractivity contribution in [1.29, 1.82) is 0 Å². The number of hydrogen-bond acceptors (Lipinski definition) is 4. The van der Waals surface area contributed by atoms with Crippen molar-refractivity contribution in [3.05, 3.63) is 45.9 Å². The van der Waals surface area contributed by atoms with Crippen LogP contribution in [-0.4, -0.2) is 23.3 Å². The molecule has 0 unspecified atom stereocenters. The number of amides is 2. The summed E-state index contributed by atoms with van der Waals surface area (Å²) in [5, 5.41) is 6.08. The average molecular weight is 364 g/mol. The van der Waals surface area contributed by atoms with Crippen LogP contribution in [0, 0.1) is 0 Å². The Bertz CT molecular complexity index is 762. The third-order valence-electron chi connectivity index (χ3n) is 3.93. The molecule has 0 aliphatic carbocycles. The van der Waals surface area contributed by atoms with E-state index in [0.29, 0.717) is 28.8 Å². The Hall–Kier alpha value is -1.92. The maximum absolute atomic E-state index is 12.2. The molecule has 1 aliphatic heterocycles. The smallest absolute Gasteiger partial charge is 0.228 e. The average Bonchev–Trinajstić information content (AvgIpc) is 3.16. The Balaban J connectivity index is 1.60. The number of benzene rings is 1.